The summed E-state index contributed by atoms with van der Waals surface area (Å²) in [6.07, 6.45) is 8.05. The van der Waals surface area contributed by atoms with E-state index < -0.39 is 22.8 Å². The first-order valence-corrected chi connectivity index (χ1v) is 13.2. The number of aromatic nitrogens is 7. The Balaban J connectivity index is 1.67. The molecule has 0 unspecified atom stereocenters. The van der Waals surface area contributed by atoms with Gasteiger partial charge in [-0.3, -0.25) is 9.13 Å². The Hall–Kier alpha value is -4.35. The molecule has 9 nitrogen and oxygen atoms in total. The van der Waals surface area contributed by atoms with Crippen molar-refractivity contribution >= 4 is 0 Å². The summed E-state index contributed by atoms with van der Waals surface area (Å²) in [5.41, 5.74) is 0.186. The van der Waals surface area contributed by atoms with Crippen LogP contribution in [0.1, 0.15) is 56.5 Å². The molecule has 1 aromatic carbocycles. The van der Waals surface area contributed by atoms with Gasteiger partial charge in [-0.15, -0.1) is 5.10 Å². The molecule has 0 aliphatic carbocycles. The lowest BCUT2D eigenvalue weighted by molar-refractivity contribution is -0.137. The molecule has 4 aromatic rings. The molecule has 12 heteroatoms. The van der Waals surface area contributed by atoms with Crippen LogP contribution in [0.4, 0.5) is 13.2 Å². The molecule has 1 aliphatic rings. The number of halogens is 3. The fraction of sp³-hybridized carbons (Fsp3) is 0.357. The van der Waals surface area contributed by atoms with E-state index in [-0.39, 0.29) is 18.4 Å². The first-order valence-electron chi connectivity index (χ1n) is 13.2. The predicted molar refractivity (Wildman–Crippen MR) is 145 cm³/mol. The van der Waals surface area contributed by atoms with E-state index in [0.717, 1.165) is 34.6 Å². The number of benzene rings is 1. The molecule has 0 saturated carbocycles. The number of aromatic amines is 1. The summed E-state index contributed by atoms with van der Waals surface area (Å²) >= 11 is 0. The lowest BCUT2D eigenvalue weighted by Crippen LogP contribution is -2.36. The molecule has 0 fully saturated rings. The minimum absolute atomic E-state index is 0.172. The van der Waals surface area contributed by atoms with Crippen LogP contribution in [0.25, 0.3) is 17.2 Å². The SMILES string of the molecule is CCCCc1cn(-c2c(C(F)(F)F)ccn2C(C)C)c(=O)n1CC1(c2cccc(-c3nnn[nH]3)c2)C=CNC=C1. The summed E-state index contributed by atoms with van der Waals surface area (Å²) < 4.78 is 46.5. The Morgan fingerprint density at radius 2 is 1.90 bits per heavy atom. The van der Waals surface area contributed by atoms with E-state index in [1.165, 1.54) is 10.8 Å². The van der Waals surface area contributed by atoms with Gasteiger partial charge in [-0.25, -0.2) is 9.89 Å². The van der Waals surface area contributed by atoms with E-state index in [9.17, 15) is 18.0 Å². The second kappa shape index (κ2) is 10.7. The number of dihydropyridines is 1. The van der Waals surface area contributed by atoms with E-state index in [2.05, 4.69) is 25.9 Å². The first-order chi connectivity index (χ1) is 19.1. The Morgan fingerprint density at radius 3 is 2.55 bits per heavy atom. The highest BCUT2D eigenvalue weighted by atomic mass is 19.4. The number of H-pyrrole nitrogens is 1. The normalized spacial score (nSPS) is 14.7. The van der Waals surface area contributed by atoms with Crippen molar-refractivity contribution in [2.24, 2.45) is 0 Å². The number of rotatable bonds is 9. The smallest absolute Gasteiger partial charge is 0.368 e. The molecule has 3 aromatic heterocycles. The highest BCUT2D eigenvalue weighted by molar-refractivity contribution is 5.57. The van der Waals surface area contributed by atoms with Gasteiger partial charge in [-0.2, -0.15) is 13.2 Å². The Morgan fingerprint density at radius 1 is 1.12 bits per heavy atom. The van der Waals surface area contributed by atoms with Crippen molar-refractivity contribution < 1.29 is 13.2 Å². The molecule has 4 heterocycles. The zero-order valence-corrected chi connectivity index (χ0v) is 22.5. The lowest BCUT2D eigenvalue weighted by atomic mass is 9.78. The molecule has 0 amide bonds. The minimum Gasteiger partial charge on any atom is -0.368 e. The van der Waals surface area contributed by atoms with Gasteiger partial charge in [-0.05, 0) is 67.2 Å². The third kappa shape index (κ3) is 5.01. The van der Waals surface area contributed by atoms with Crippen LogP contribution in [-0.2, 0) is 24.6 Å². The minimum atomic E-state index is -4.61. The number of imidazole rings is 1. The van der Waals surface area contributed by atoms with Gasteiger partial charge in [0.05, 0.1) is 11.0 Å². The van der Waals surface area contributed by atoms with Gasteiger partial charge >= 0.3 is 11.9 Å². The lowest BCUT2D eigenvalue weighted by Gasteiger charge is -2.31. The van der Waals surface area contributed by atoms with Crippen molar-refractivity contribution in [3.8, 4) is 17.2 Å². The molecule has 2 N–H and O–H groups in total. The number of unbranched alkanes of at least 4 members (excludes halogenated alkanes) is 1. The van der Waals surface area contributed by atoms with Crippen LogP contribution in [0.2, 0.25) is 0 Å². The van der Waals surface area contributed by atoms with E-state index in [1.807, 2.05) is 43.3 Å². The van der Waals surface area contributed by atoms with Gasteiger partial charge in [0.15, 0.2) is 5.82 Å². The van der Waals surface area contributed by atoms with Crippen molar-refractivity contribution in [1.29, 1.82) is 0 Å². The zero-order valence-electron chi connectivity index (χ0n) is 22.5. The van der Waals surface area contributed by atoms with Crippen molar-refractivity contribution in [1.82, 2.24) is 39.6 Å². The maximum Gasteiger partial charge on any atom is 0.419 e. The molecule has 5 rings (SSSR count). The molecule has 0 saturated heterocycles. The number of nitrogens with zero attached hydrogens (tertiary/aromatic N) is 6. The predicted octanol–water partition coefficient (Wildman–Crippen LogP) is 5.13. The number of alkyl halides is 3. The average Bonchev–Trinajstić information content (AvgIpc) is 3.68. The summed E-state index contributed by atoms with van der Waals surface area (Å²) in [6, 6.07) is 8.41. The molecule has 210 valence electrons. The molecule has 0 bridgehead atoms. The van der Waals surface area contributed by atoms with Crippen molar-refractivity contribution in [2.45, 2.75) is 64.2 Å². The second-order valence-corrected chi connectivity index (χ2v) is 10.2. The summed E-state index contributed by atoms with van der Waals surface area (Å²) in [5, 5.41) is 17.1. The standard InChI is InChI=1S/C28H31F3N8O/c1-4-5-9-22-17-38(25-23(28(29,30)31)10-15-37(25)19(2)3)26(40)39(22)18-27(11-13-32-14-12-27)21-8-6-7-20(16-21)24-33-35-36-34-24/h6-8,10-17,19,32H,4-5,9,18H2,1-3H3,(H,33,34,35,36). The van der Waals surface area contributed by atoms with Crippen molar-refractivity contribution in [3.63, 3.8) is 0 Å². The zero-order chi connectivity index (χ0) is 28.5. The Kier molecular flexibility index (Phi) is 7.26. The Bertz CT molecular complexity index is 1580. The monoisotopic (exact) mass is 552 g/mol. The number of hydrogen-bond acceptors (Lipinski definition) is 5. The highest BCUT2D eigenvalue weighted by Gasteiger charge is 2.38. The largest absolute Gasteiger partial charge is 0.419 e. The third-order valence-electron chi connectivity index (χ3n) is 7.22. The van der Waals surface area contributed by atoms with Crippen LogP contribution in [0.3, 0.4) is 0 Å². The topological polar surface area (TPSA) is 98.3 Å². The summed E-state index contributed by atoms with van der Waals surface area (Å²) in [4.78, 5) is 14.1. The molecular formula is C28H31F3N8O. The average molecular weight is 553 g/mol. The highest BCUT2D eigenvalue weighted by Crippen LogP contribution is 2.37. The summed E-state index contributed by atoms with van der Waals surface area (Å²) in [5.74, 6) is 0.328. The van der Waals surface area contributed by atoms with Crippen LogP contribution < -0.4 is 11.0 Å². The number of tetrazole rings is 1. The van der Waals surface area contributed by atoms with Gasteiger partial charge < -0.3 is 9.88 Å². The molecule has 0 atom stereocenters. The van der Waals surface area contributed by atoms with Gasteiger partial charge in [-0.1, -0.05) is 43.7 Å². The number of hydrogen-bond donors (Lipinski definition) is 2. The summed E-state index contributed by atoms with van der Waals surface area (Å²) in [6.45, 7) is 5.81. The number of allylic oxidation sites excluding steroid dienone is 2. The molecule has 40 heavy (non-hydrogen) atoms. The van der Waals surface area contributed by atoms with Crippen LogP contribution in [0, 0.1) is 0 Å². The van der Waals surface area contributed by atoms with Crippen molar-refractivity contribution in [3.05, 3.63) is 94.6 Å². The molecule has 1 aliphatic heterocycles. The van der Waals surface area contributed by atoms with Crippen LogP contribution >= 0.6 is 0 Å². The molecule has 0 spiro atoms. The number of aryl methyl sites for hydroxylation is 1. The Labute approximate surface area is 229 Å². The van der Waals surface area contributed by atoms with Gasteiger partial charge in [0.1, 0.15) is 5.82 Å². The molecular weight excluding hydrogens is 521 g/mol. The van der Waals surface area contributed by atoms with E-state index in [1.54, 1.807) is 37.0 Å². The number of nitrogens with one attached hydrogen (secondary N) is 2. The fourth-order valence-corrected chi connectivity index (χ4v) is 5.13. The van der Waals surface area contributed by atoms with E-state index in [0.29, 0.717) is 17.9 Å². The van der Waals surface area contributed by atoms with Gasteiger partial charge in [0.25, 0.3) is 0 Å². The second-order valence-electron chi connectivity index (χ2n) is 10.2. The van der Waals surface area contributed by atoms with Crippen LogP contribution in [-0.4, -0.2) is 34.3 Å². The van der Waals surface area contributed by atoms with E-state index >= 15 is 0 Å². The van der Waals surface area contributed by atoms with Crippen molar-refractivity contribution in [2.75, 3.05) is 0 Å². The summed E-state index contributed by atoms with van der Waals surface area (Å²) in [7, 11) is 0. The van der Waals surface area contributed by atoms with Crippen LogP contribution in [0.5, 0.6) is 0 Å². The fourth-order valence-electron chi connectivity index (χ4n) is 5.13. The quantitative estimate of drug-likeness (QED) is 0.300. The van der Waals surface area contributed by atoms with Gasteiger partial charge in [0, 0.05) is 36.2 Å². The van der Waals surface area contributed by atoms with Gasteiger partial charge in [0.2, 0.25) is 0 Å². The van der Waals surface area contributed by atoms with E-state index in [4.69, 9.17) is 0 Å². The maximum atomic E-state index is 14.1. The first kappa shape index (κ1) is 27.2. The third-order valence-corrected chi connectivity index (χ3v) is 7.22. The van der Waals surface area contributed by atoms with Crippen LogP contribution in [0.15, 0.2) is 72.1 Å². The molecule has 0 radical (unpaired) electrons. The maximum absolute atomic E-state index is 14.1.